The Morgan fingerprint density at radius 3 is 2.10 bits per heavy atom. The van der Waals surface area contributed by atoms with Gasteiger partial charge in [-0.25, -0.2) is 0 Å². The second kappa shape index (κ2) is 2.27. The van der Waals surface area contributed by atoms with Crippen molar-refractivity contribution < 1.29 is 0 Å². The molecule has 0 fully saturated rings. The van der Waals surface area contributed by atoms with Crippen LogP contribution >= 0.6 is 0 Å². The third-order valence-corrected chi connectivity index (χ3v) is 3.73. The monoisotopic (exact) mass is 153 g/mol. The number of hydrogen-bond donors (Lipinski definition) is 0. The molecule has 56 valence electrons. The van der Waals surface area contributed by atoms with E-state index in [4.69, 9.17) is 0 Å². The molecule has 0 aromatic carbocycles. The number of aromatic nitrogens is 1. The van der Waals surface area contributed by atoms with Crippen LogP contribution in [0.3, 0.4) is 0 Å². The zero-order chi connectivity index (χ0) is 7.78. The summed E-state index contributed by atoms with van der Waals surface area (Å²) in [4.78, 5) is 0. The first-order valence-electron chi connectivity index (χ1n) is 3.62. The van der Waals surface area contributed by atoms with Crippen molar-refractivity contribution in [1.82, 2.24) is 4.57 Å². The van der Waals surface area contributed by atoms with Crippen molar-refractivity contribution in [2.45, 2.75) is 19.6 Å². The van der Waals surface area contributed by atoms with Crippen LogP contribution in [0.25, 0.3) is 0 Å². The molecular weight excluding hydrogens is 138 g/mol. The van der Waals surface area contributed by atoms with Crippen LogP contribution in [0.4, 0.5) is 0 Å². The first-order chi connectivity index (χ1) is 4.50. The van der Waals surface area contributed by atoms with Crippen LogP contribution in [-0.4, -0.2) is 12.6 Å². The molecule has 0 aliphatic carbocycles. The normalized spacial score (nSPS) is 12.0. The second-order valence-corrected chi connectivity index (χ2v) is 8.89. The van der Waals surface area contributed by atoms with E-state index in [1.54, 1.807) is 0 Å². The number of rotatable bonds is 1. The predicted molar refractivity (Wildman–Crippen MR) is 48.4 cm³/mol. The van der Waals surface area contributed by atoms with E-state index in [1.165, 1.54) is 5.19 Å². The highest BCUT2D eigenvalue weighted by Crippen LogP contribution is 2.01. The van der Waals surface area contributed by atoms with Crippen LogP contribution in [0.2, 0.25) is 19.6 Å². The third-order valence-electron chi connectivity index (χ3n) is 1.70. The van der Waals surface area contributed by atoms with Crippen LogP contribution in [0, 0.1) is 0 Å². The molecule has 0 saturated carbocycles. The summed E-state index contributed by atoms with van der Waals surface area (Å²) in [6, 6.07) is 2.23. The largest absolute Gasteiger partial charge is 0.357 e. The first kappa shape index (κ1) is 7.60. The lowest BCUT2D eigenvalue weighted by Crippen LogP contribution is -2.36. The molecule has 1 heterocycles. The van der Waals surface area contributed by atoms with Gasteiger partial charge in [0.25, 0.3) is 0 Å². The van der Waals surface area contributed by atoms with Crippen molar-refractivity contribution in [3.05, 3.63) is 18.5 Å². The van der Waals surface area contributed by atoms with Crippen molar-refractivity contribution >= 4 is 13.3 Å². The van der Waals surface area contributed by atoms with E-state index < -0.39 is 8.07 Å². The van der Waals surface area contributed by atoms with E-state index >= 15 is 0 Å². The lowest BCUT2D eigenvalue weighted by atomic mass is 10.7. The van der Waals surface area contributed by atoms with E-state index in [9.17, 15) is 0 Å². The van der Waals surface area contributed by atoms with Crippen molar-refractivity contribution in [2.75, 3.05) is 0 Å². The molecular formula is C8H15NSi. The summed E-state index contributed by atoms with van der Waals surface area (Å²) in [6.45, 7) is 7.09. The Hall–Kier alpha value is -0.503. The van der Waals surface area contributed by atoms with Gasteiger partial charge < -0.3 is 4.57 Å². The van der Waals surface area contributed by atoms with Crippen LogP contribution in [0.5, 0.6) is 0 Å². The minimum absolute atomic E-state index is 1.03. The van der Waals surface area contributed by atoms with Crippen molar-refractivity contribution in [2.24, 2.45) is 7.05 Å². The molecule has 0 unspecified atom stereocenters. The summed E-state index contributed by atoms with van der Waals surface area (Å²) in [5.41, 5.74) is 0. The Morgan fingerprint density at radius 2 is 1.90 bits per heavy atom. The standard InChI is InChI=1S/C8H15NSi/c1-9-6-5-8(7-9)10(2,3)4/h5-7H,1-4H3. The highest BCUT2D eigenvalue weighted by Gasteiger charge is 2.16. The minimum Gasteiger partial charge on any atom is -0.357 e. The Kier molecular flexibility index (Phi) is 1.73. The molecule has 1 aromatic rings. The lowest BCUT2D eigenvalue weighted by Gasteiger charge is -2.12. The van der Waals surface area contributed by atoms with Crippen molar-refractivity contribution in [1.29, 1.82) is 0 Å². The van der Waals surface area contributed by atoms with Gasteiger partial charge in [-0.15, -0.1) is 0 Å². The SMILES string of the molecule is Cn1ccc([Si](C)(C)C)c1. The summed E-state index contributed by atoms with van der Waals surface area (Å²) < 4.78 is 2.12. The summed E-state index contributed by atoms with van der Waals surface area (Å²) in [5.74, 6) is 0. The van der Waals surface area contributed by atoms with Gasteiger partial charge in [0.15, 0.2) is 0 Å². The molecule has 0 saturated heterocycles. The highest BCUT2D eigenvalue weighted by molar-refractivity contribution is 6.88. The number of hydrogen-bond acceptors (Lipinski definition) is 0. The van der Waals surface area contributed by atoms with Crippen LogP contribution in [-0.2, 0) is 7.05 Å². The van der Waals surface area contributed by atoms with Crippen LogP contribution in [0.1, 0.15) is 0 Å². The second-order valence-electron chi connectivity index (χ2n) is 3.82. The fraction of sp³-hybridized carbons (Fsp3) is 0.500. The van der Waals surface area contributed by atoms with Crippen molar-refractivity contribution in [3.8, 4) is 0 Å². The maximum absolute atomic E-state index is 2.36. The van der Waals surface area contributed by atoms with Gasteiger partial charge in [-0.3, -0.25) is 0 Å². The summed E-state index contributed by atoms with van der Waals surface area (Å²) in [7, 11) is 1.04. The zero-order valence-corrected chi connectivity index (χ0v) is 8.18. The molecule has 0 amide bonds. The van der Waals surface area contributed by atoms with E-state index in [1.807, 2.05) is 0 Å². The van der Waals surface area contributed by atoms with Crippen molar-refractivity contribution in [3.63, 3.8) is 0 Å². The molecule has 0 spiro atoms. The molecule has 10 heavy (non-hydrogen) atoms. The smallest absolute Gasteiger partial charge is 0.0795 e. The third kappa shape index (κ3) is 1.51. The van der Waals surface area contributed by atoms with E-state index in [2.05, 4.69) is 49.7 Å². The predicted octanol–water partition coefficient (Wildman–Crippen LogP) is 1.57. The Balaban J connectivity index is 2.96. The van der Waals surface area contributed by atoms with Gasteiger partial charge in [0.2, 0.25) is 0 Å². The molecule has 0 aliphatic heterocycles. The van der Waals surface area contributed by atoms with E-state index in [-0.39, 0.29) is 0 Å². The lowest BCUT2D eigenvalue weighted by molar-refractivity contribution is 0.929. The van der Waals surface area contributed by atoms with Gasteiger partial charge in [-0.1, -0.05) is 19.6 Å². The molecule has 0 bridgehead atoms. The zero-order valence-electron chi connectivity index (χ0n) is 7.18. The minimum atomic E-state index is -1.03. The van der Waals surface area contributed by atoms with E-state index in [0.717, 1.165) is 0 Å². The highest BCUT2D eigenvalue weighted by atomic mass is 28.3. The molecule has 0 radical (unpaired) electrons. The summed E-state index contributed by atoms with van der Waals surface area (Å²) in [5, 5.41) is 1.54. The number of aryl methyl sites for hydroxylation is 1. The van der Waals surface area contributed by atoms with Gasteiger partial charge in [0.05, 0.1) is 8.07 Å². The van der Waals surface area contributed by atoms with Gasteiger partial charge in [0.1, 0.15) is 0 Å². The summed E-state index contributed by atoms with van der Waals surface area (Å²) >= 11 is 0. The Morgan fingerprint density at radius 1 is 1.30 bits per heavy atom. The topological polar surface area (TPSA) is 4.93 Å². The molecule has 1 aromatic heterocycles. The first-order valence-corrected chi connectivity index (χ1v) is 7.12. The van der Waals surface area contributed by atoms with Gasteiger partial charge in [-0.05, 0) is 11.3 Å². The molecule has 1 rings (SSSR count). The maximum Gasteiger partial charge on any atom is 0.0795 e. The van der Waals surface area contributed by atoms with Gasteiger partial charge in [0, 0.05) is 19.4 Å². The fourth-order valence-corrected chi connectivity index (χ4v) is 2.11. The Labute approximate surface area is 63.7 Å². The van der Waals surface area contributed by atoms with Gasteiger partial charge in [-0.2, -0.15) is 0 Å². The molecule has 2 heteroatoms. The average Bonchev–Trinajstić information content (AvgIpc) is 2.11. The fourth-order valence-electron chi connectivity index (χ4n) is 0.947. The molecule has 0 N–H and O–H groups in total. The average molecular weight is 153 g/mol. The quantitative estimate of drug-likeness (QED) is 0.540. The molecule has 1 nitrogen and oxygen atoms in total. The van der Waals surface area contributed by atoms with Gasteiger partial charge >= 0.3 is 0 Å². The maximum atomic E-state index is 2.36. The summed E-state index contributed by atoms with van der Waals surface area (Å²) in [6.07, 6.45) is 4.35. The molecule has 0 atom stereocenters. The van der Waals surface area contributed by atoms with Crippen LogP contribution in [0.15, 0.2) is 18.5 Å². The van der Waals surface area contributed by atoms with Crippen LogP contribution < -0.4 is 5.19 Å². The van der Waals surface area contributed by atoms with E-state index in [0.29, 0.717) is 0 Å². The number of nitrogens with zero attached hydrogens (tertiary/aromatic N) is 1. The Bertz CT molecular complexity index is 219. The molecule has 0 aliphatic rings.